The van der Waals surface area contributed by atoms with Crippen molar-refractivity contribution >= 4 is 17.3 Å². The first kappa shape index (κ1) is 11.3. The molecule has 1 aliphatic carbocycles. The molecule has 1 fully saturated rings. The van der Waals surface area contributed by atoms with Crippen molar-refractivity contribution in [2.75, 3.05) is 5.32 Å². The van der Waals surface area contributed by atoms with E-state index in [1.54, 1.807) is 12.1 Å². The van der Waals surface area contributed by atoms with Gasteiger partial charge in [-0.2, -0.15) is 5.26 Å². The lowest BCUT2D eigenvalue weighted by atomic mass is 10.0. The van der Waals surface area contributed by atoms with Crippen molar-refractivity contribution in [2.24, 2.45) is 5.41 Å². The predicted octanol–water partition coefficient (Wildman–Crippen LogP) is 3.81. The molecule has 0 amide bonds. The lowest BCUT2D eigenvalue weighted by Gasteiger charge is -2.22. The Morgan fingerprint density at radius 1 is 1.50 bits per heavy atom. The van der Waals surface area contributed by atoms with E-state index in [1.807, 2.05) is 6.07 Å². The first-order valence-electron chi connectivity index (χ1n) is 5.51. The van der Waals surface area contributed by atoms with Crippen molar-refractivity contribution in [1.82, 2.24) is 0 Å². The van der Waals surface area contributed by atoms with Gasteiger partial charge in [0.05, 0.1) is 22.3 Å². The molecule has 0 bridgehead atoms. The molecule has 0 heterocycles. The lowest BCUT2D eigenvalue weighted by molar-refractivity contribution is 0.493. The topological polar surface area (TPSA) is 35.8 Å². The Morgan fingerprint density at radius 2 is 2.19 bits per heavy atom. The number of anilines is 1. The van der Waals surface area contributed by atoms with E-state index in [9.17, 15) is 0 Å². The highest BCUT2D eigenvalue weighted by Crippen LogP contribution is 2.49. The van der Waals surface area contributed by atoms with Gasteiger partial charge in [-0.05, 0) is 43.4 Å². The van der Waals surface area contributed by atoms with Gasteiger partial charge >= 0.3 is 0 Å². The van der Waals surface area contributed by atoms with Crippen LogP contribution >= 0.6 is 11.6 Å². The van der Waals surface area contributed by atoms with Crippen LogP contribution in [0.4, 0.5) is 5.69 Å². The second-order valence-electron chi connectivity index (χ2n) is 4.83. The zero-order valence-corrected chi connectivity index (χ0v) is 10.3. The fraction of sp³-hybridized carbons (Fsp3) is 0.462. The molecule has 0 aromatic heterocycles. The van der Waals surface area contributed by atoms with Crippen LogP contribution in [0.2, 0.25) is 5.02 Å². The predicted molar refractivity (Wildman–Crippen MR) is 66.6 cm³/mol. The summed E-state index contributed by atoms with van der Waals surface area (Å²) in [7, 11) is 0. The molecule has 84 valence electrons. The van der Waals surface area contributed by atoms with Crippen LogP contribution in [0.1, 0.15) is 32.3 Å². The minimum absolute atomic E-state index is 0.388. The van der Waals surface area contributed by atoms with Gasteiger partial charge in [-0.1, -0.05) is 18.5 Å². The molecule has 1 saturated carbocycles. The summed E-state index contributed by atoms with van der Waals surface area (Å²) in [4.78, 5) is 0. The van der Waals surface area contributed by atoms with Gasteiger partial charge in [-0.25, -0.2) is 0 Å². The van der Waals surface area contributed by atoms with Crippen LogP contribution in [0, 0.1) is 16.7 Å². The van der Waals surface area contributed by atoms with Gasteiger partial charge in [-0.3, -0.25) is 0 Å². The molecular formula is C13H15ClN2. The number of nitrogens with zero attached hydrogens (tertiary/aromatic N) is 1. The molecule has 16 heavy (non-hydrogen) atoms. The molecule has 1 atom stereocenters. The fourth-order valence-corrected chi connectivity index (χ4v) is 1.92. The Morgan fingerprint density at radius 3 is 2.75 bits per heavy atom. The molecule has 1 N–H and O–H groups in total. The van der Waals surface area contributed by atoms with E-state index in [4.69, 9.17) is 16.9 Å². The fourth-order valence-electron chi connectivity index (χ4n) is 1.74. The monoisotopic (exact) mass is 234 g/mol. The van der Waals surface area contributed by atoms with E-state index in [2.05, 4.69) is 25.2 Å². The summed E-state index contributed by atoms with van der Waals surface area (Å²) in [6.07, 6.45) is 2.52. The summed E-state index contributed by atoms with van der Waals surface area (Å²) in [6, 6.07) is 7.82. The average molecular weight is 235 g/mol. The van der Waals surface area contributed by atoms with Crippen molar-refractivity contribution < 1.29 is 0 Å². The lowest BCUT2D eigenvalue weighted by Crippen LogP contribution is -2.25. The Bertz CT molecular complexity index is 444. The highest BCUT2D eigenvalue weighted by atomic mass is 35.5. The Kier molecular flexibility index (Phi) is 2.82. The zero-order valence-electron chi connectivity index (χ0n) is 9.55. The number of nitrogens with one attached hydrogen (secondary N) is 1. The second-order valence-corrected chi connectivity index (χ2v) is 5.23. The van der Waals surface area contributed by atoms with E-state index in [0.717, 1.165) is 5.69 Å². The third-order valence-electron chi connectivity index (χ3n) is 3.55. The smallest absolute Gasteiger partial charge is 0.0992 e. The normalized spacial score (nSPS) is 18.6. The third-order valence-corrected chi connectivity index (χ3v) is 3.88. The molecule has 0 spiro atoms. The Labute approximate surface area is 101 Å². The molecular weight excluding hydrogens is 220 g/mol. The largest absolute Gasteiger partial charge is 0.381 e. The SMILES string of the molecule is CC(Nc1cc(C#N)ccc1Cl)C1(C)CC1. The quantitative estimate of drug-likeness (QED) is 0.863. The average Bonchev–Trinajstić information content (AvgIpc) is 3.01. The van der Waals surface area contributed by atoms with E-state index in [-0.39, 0.29) is 0 Å². The maximum absolute atomic E-state index is 8.84. The Balaban J connectivity index is 2.17. The van der Waals surface area contributed by atoms with Gasteiger partial charge in [0.2, 0.25) is 0 Å². The number of benzene rings is 1. The molecule has 0 aliphatic heterocycles. The molecule has 3 heteroatoms. The van der Waals surface area contributed by atoms with Gasteiger partial charge in [0.15, 0.2) is 0 Å². The molecule has 1 unspecified atom stereocenters. The van der Waals surface area contributed by atoms with Crippen molar-refractivity contribution in [3.8, 4) is 6.07 Å². The molecule has 1 aromatic rings. The first-order chi connectivity index (χ1) is 7.55. The summed E-state index contributed by atoms with van der Waals surface area (Å²) >= 11 is 6.10. The van der Waals surface area contributed by atoms with E-state index in [0.29, 0.717) is 22.0 Å². The minimum atomic E-state index is 0.388. The molecule has 1 aliphatic rings. The van der Waals surface area contributed by atoms with Crippen LogP contribution < -0.4 is 5.32 Å². The maximum Gasteiger partial charge on any atom is 0.0992 e. The zero-order chi connectivity index (χ0) is 11.8. The van der Waals surface area contributed by atoms with Gasteiger partial charge < -0.3 is 5.32 Å². The number of rotatable bonds is 3. The van der Waals surface area contributed by atoms with Gasteiger partial charge in [0.1, 0.15) is 0 Å². The van der Waals surface area contributed by atoms with Gasteiger partial charge in [0, 0.05) is 6.04 Å². The van der Waals surface area contributed by atoms with Crippen molar-refractivity contribution in [1.29, 1.82) is 5.26 Å². The summed E-state index contributed by atoms with van der Waals surface area (Å²) < 4.78 is 0. The molecule has 0 radical (unpaired) electrons. The van der Waals surface area contributed by atoms with Crippen LogP contribution in [0.15, 0.2) is 18.2 Å². The first-order valence-corrected chi connectivity index (χ1v) is 5.89. The van der Waals surface area contributed by atoms with Gasteiger partial charge in [0.25, 0.3) is 0 Å². The summed E-state index contributed by atoms with van der Waals surface area (Å²) in [6.45, 7) is 4.44. The number of hydrogen-bond acceptors (Lipinski definition) is 2. The number of nitriles is 1. The third kappa shape index (κ3) is 2.15. The molecule has 0 saturated heterocycles. The molecule has 2 nitrogen and oxygen atoms in total. The maximum atomic E-state index is 8.84. The standard InChI is InChI=1S/C13H15ClN2/c1-9(13(2)5-6-13)16-12-7-10(8-15)3-4-11(12)14/h3-4,7,9,16H,5-6H2,1-2H3. The summed E-state index contributed by atoms with van der Waals surface area (Å²) in [5, 5.41) is 12.9. The van der Waals surface area contributed by atoms with Crippen LogP contribution in [0.25, 0.3) is 0 Å². The van der Waals surface area contributed by atoms with Gasteiger partial charge in [-0.15, -0.1) is 0 Å². The van der Waals surface area contributed by atoms with Crippen molar-refractivity contribution in [3.63, 3.8) is 0 Å². The van der Waals surface area contributed by atoms with E-state index in [1.165, 1.54) is 12.8 Å². The number of hydrogen-bond donors (Lipinski definition) is 1. The highest BCUT2D eigenvalue weighted by Gasteiger charge is 2.42. The van der Waals surface area contributed by atoms with Crippen LogP contribution in [-0.2, 0) is 0 Å². The van der Waals surface area contributed by atoms with E-state index < -0.39 is 0 Å². The van der Waals surface area contributed by atoms with Crippen LogP contribution in [0.5, 0.6) is 0 Å². The van der Waals surface area contributed by atoms with Crippen molar-refractivity contribution in [2.45, 2.75) is 32.7 Å². The van der Waals surface area contributed by atoms with E-state index >= 15 is 0 Å². The van der Waals surface area contributed by atoms with Crippen LogP contribution in [-0.4, -0.2) is 6.04 Å². The second kappa shape index (κ2) is 3.99. The summed E-state index contributed by atoms with van der Waals surface area (Å²) in [5.41, 5.74) is 1.90. The molecule has 2 rings (SSSR count). The number of halogens is 1. The highest BCUT2D eigenvalue weighted by molar-refractivity contribution is 6.33. The summed E-state index contributed by atoms with van der Waals surface area (Å²) in [5.74, 6) is 0. The minimum Gasteiger partial charge on any atom is -0.381 e. The molecule has 1 aromatic carbocycles. The Hall–Kier alpha value is -1.20. The van der Waals surface area contributed by atoms with Crippen molar-refractivity contribution in [3.05, 3.63) is 28.8 Å². The van der Waals surface area contributed by atoms with Crippen LogP contribution in [0.3, 0.4) is 0 Å².